The third-order valence-corrected chi connectivity index (χ3v) is 8.46. The lowest BCUT2D eigenvalue weighted by Crippen LogP contribution is -2.51. The molecule has 0 radical (unpaired) electrons. The fraction of sp³-hybridized carbons (Fsp3) is 0.281. The molecule has 13 nitrogen and oxygen atoms in total. The van der Waals surface area contributed by atoms with Crippen molar-refractivity contribution in [3.8, 4) is 16.9 Å². The second-order valence-electron chi connectivity index (χ2n) is 11.2. The summed E-state index contributed by atoms with van der Waals surface area (Å²) >= 11 is 0. The number of nitrogens with zero attached hydrogens (tertiary/aromatic N) is 5. The summed E-state index contributed by atoms with van der Waals surface area (Å²) in [6.45, 7) is 6.27. The van der Waals surface area contributed by atoms with Gasteiger partial charge in [0.15, 0.2) is 11.7 Å². The molecule has 1 aromatic heterocycles. The number of aryl methyl sites for hydroxylation is 1. The van der Waals surface area contributed by atoms with Gasteiger partial charge in [-0.1, -0.05) is 61.9 Å². The summed E-state index contributed by atoms with van der Waals surface area (Å²) in [5, 5.41) is 20.5. The average molecular weight is 703 g/mol. The lowest BCUT2D eigenvalue weighted by atomic mass is 10.0. The Balaban J connectivity index is 1.49. The van der Waals surface area contributed by atoms with Crippen molar-refractivity contribution >= 4 is 21.9 Å². The third kappa shape index (κ3) is 8.92. The van der Waals surface area contributed by atoms with E-state index in [9.17, 15) is 36.4 Å². The molecule has 260 valence electrons. The van der Waals surface area contributed by atoms with Crippen molar-refractivity contribution in [3.63, 3.8) is 0 Å². The number of benzene rings is 3. The van der Waals surface area contributed by atoms with E-state index in [2.05, 4.69) is 10.4 Å². The van der Waals surface area contributed by atoms with Gasteiger partial charge in [0.1, 0.15) is 0 Å². The van der Waals surface area contributed by atoms with Gasteiger partial charge >= 0.3 is 12.1 Å². The molecule has 3 aromatic carbocycles. The lowest BCUT2D eigenvalue weighted by Gasteiger charge is -2.26. The molecule has 0 aliphatic rings. The molecule has 4 aromatic rings. The van der Waals surface area contributed by atoms with Crippen LogP contribution < -0.4 is 4.72 Å². The Morgan fingerprint density at radius 1 is 1.00 bits per heavy atom. The first-order chi connectivity index (χ1) is 23.0. The van der Waals surface area contributed by atoms with E-state index in [4.69, 9.17) is 9.57 Å². The van der Waals surface area contributed by atoms with Crippen LogP contribution in [0.25, 0.3) is 16.9 Å². The lowest BCUT2D eigenvalue weighted by molar-refractivity contribution is -0.713. The summed E-state index contributed by atoms with van der Waals surface area (Å²) in [4.78, 5) is 29.8. The zero-order valence-electron chi connectivity index (χ0n) is 27.0. The quantitative estimate of drug-likeness (QED) is 0.0649. The Morgan fingerprint density at radius 2 is 1.61 bits per heavy atom. The average Bonchev–Trinajstić information content (AvgIpc) is 3.50. The van der Waals surface area contributed by atoms with Gasteiger partial charge in [-0.15, -0.1) is 5.01 Å². The Bertz CT molecular complexity index is 1920. The number of hydrogen-bond donors (Lipinski definition) is 1. The Kier molecular flexibility index (Phi) is 11.0. The first-order valence-electron chi connectivity index (χ1n) is 14.7. The molecular formula is C32H33F3N6O7S. The minimum Gasteiger partial charge on any atom is -0.569 e. The molecule has 1 N–H and O–H groups in total. The van der Waals surface area contributed by atoms with E-state index in [0.29, 0.717) is 5.56 Å². The maximum Gasteiger partial charge on any atom is 0.435 e. The van der Waals surface area contributed by atoms with Crippen molar-refractivity contribution < 1.29 is 45.7 Å². The molecule has 1 unspecified atom stereocenters. The molecule has 0 saturated heterocycles. The number of aromatic nitrogens is 2. The van der Waals surface area contributed by atoms with Gasteiger partial charge in [0, 0.05) is 12.5 Å². The number of carbonyl (C=O) groups is 2. The number of hydrazine groups is 1. The molecule has 0 spiro atoms. The number of hydrogen-bond acceptors (Lipinski definition) is 9. The van der Waals surface area contributed by atoms with E-state index in [0.717, 1.165) is 33.5 Å². The molecule has 0 saturated carbocycles. The van der Waals surface area contributed by atoms with Gasteiger partial charge in [-0.05, 0) is 55.3 Å². The van der Waals surface area contributed by atoms with Crippen LogP contribution in [0.1, 0.15) is 42.4 Å². The van der Waals surface area contributed by atoms with Gasteiger partial charge < -0.3 is 9.94 Å². The maximum absolute atomic E-state index is 13.6. The minimum absolute atomic E-state index is 0.0938. The number of ether oxygens (including phenoxy) is 1. The van der Waals surface area contributed by atoms with Crippen molar-refractivity contribution in [3.05, 3.63) is 107 Å². The maximum atomic E-state index is 13.6. The number of nitrogens with one attached hydrogen (secondary N) is 1. The topological polar surface area (TPSA) is 158 Å². The molecule has 0 aliphatic heterocycles. The normalized spacial score (nSPS) is 13.4. The van der Waals surface area contributed by atoms with Crippen LogP contribution in [0.3, 0.4) is 0 Å². The predicted molar refractivity (Wildman–Crippen MR) is 169 cm³/mol. The summed E-state index contributed by atoms with van der Waals surface area (Å²) < 4.78 is 75.2. The van der Waals surface area contributed by atoms with Crippen LogP contribution in [0.5, 0.6) is 0 Å². The van der Waals surface area contributed by atoms with Crippen LogP contribution in [-0.2, 0) is 30.6 Å². The van der Waals surface area contributed by atoms with E-state index in [1.54, 1.807) is 56.3 Å². The minimum atomic E-state index is -4.73. The molecule has 0 aliphatic carbocycles. The van der Waals surface area contributed by atoms with Crippen LogP contribution >= 0.6 is 0 Å². The van der Waals surface area contributed by atoms with Crippen molar-refractivity contribution in [2.24, 2.45) is 11.2 Å². The summed E-state index contributed by atoms with van der Waals surface area (Å²) in [6.07, 6.45) is -6.02. The van der Waals surface area contributed by atoms with Crippen LogP contribution in [0.15, 0.2) is 95.1 Å². The standard InChI is InChI=1S/C32H33F3N6O7S/c1-20(2)29(39(5)41(44)38-48-22(4)47-31(43)24-9-7-6-8-10-24)30(42)37-49(45,46)26-17-15-25(16-18-26)40-27(19-28(36-40)32(33,34)35)23-13-11-21(3)12-14-23/h6-20,22,29H,1-5H3,(H,37,42)/b41-38-/t22?,29-/m0/s1. The highest BCUT2D eigenvalue weighted by Gasteiger charge is 2.36. The van der Waals surface area contributed by atoms with Gasteiger partial charge in [-0.3, -0.25) is 9.63 Å². The van der Waals surface area contributed by atoms with Gasteiger partial charge in [0.25, 0.3) is 22.2 Å². The summed E-state index contributed by atoms with van der Waals surface area (Å²) in [5.41, 5.74) is 0.709. The zero-order chi connectivity index (χ0) is 36.1. The van der Waals surface area contributed by atoms with E-state index < -0.39 is 52.0 Å². The SMILES string of the molecule is Cc1ccc(-c2cc(C(F)(F)F)nn2-c2ccc(S(=O)(=O)NC(=O)[C@H](C(C)C)N(C)/[N+]([O-])=N/OC(C)OC(=O)c3ccccc3)cc2)cc1. The van der Waals surface area contributed by atoms with Crippen molar-refractivity contribution in [2.75, 3.05) is 7.05 Å². The summed E-state index contributed by atoms with van der Waals surface area (Å²) in [7, 11) is -3.34. The van der Waals surface area contributed by atoms with Crippen LogP contribution in [0.2, 0.25) is 0 Å². The van der Waals surface area contributed by atoms with Gasteiger partial charge in [0.2, 0.25) is 5.28 Å². The molecule has 49 heavy (non-hydrogen) atoms. The number of sulfonamides is 1. The first-order valence-corrected chi connectivity index (χ1v) is 16.2. The highest BCUT2D eigenvalue weighted by Crippen LogP contribution is 2.33. The van der Waals surface area contributed by atoms with Gasteiger partial charge in [-0.2, -0.15) is 18.3 Å². The van der Waals surface area contributed by atoms with Crippen molar-refractivity contribution in [1.29, 1.82) is 0 Å². The molecule has 0 bridgehead atoms. The van der Waals surface area contributed by atoms with Crippen molar-refractivity contribution in [1.82, 2.24) is 19.5 Å². The molecule has 0 fully saturated rings. The highest BCUT2D eigenvalue weighted by atomic mass is 32.2. The van der Waals surface area contributed by atoms with E-state index in [1.807, 2.05) is 11.6 Å². The molecule has 17 heteroatoms. The summed E-state index contributed by atoms with van der Waals surface area (Å²) in [6, 6.07) is 19.0. The third-order valence-electron chi connectivity index (χ3n) is 7.09. The van der Waals surface area contributed by atoms with E-state index in [1.165, 1.54) is 38.2 Å². The Labute approximate surface area is 280 Å². The van der Waals surface area contributed by atoms with Gasteiger partial charge in [0.05, 0.1) is 33.9 Å². The Morgan fingerprint density at radius 3 is 2.18 bits per heavy atom. The number of likely N-dealkylation sites (N-methyl/N-ethyl adjacent to an activating group) is 1. The fourth-order valence-electron chi connectivity index (χ4n) is 4.65. The second-order valence-corrected chi connectivity index (χ2v) is 12.9. The first kappa shape index (κ1) is 36.4. The number of rotatable bonds is 12. The predicted octanol–water partition coefficient (Wildman–Crippen LogP) is 5.64. The molecular weight excluding hydrogens is 669 g/mol. The van der Waals surface area contributed by atoms with Crippen LogP contribution in [0.4, 0.5) is 13.2 Å². The molecule has 1 amide bonds. The second kappa shape index (κ2) is 14.8. The fourth-order valence-corrected chi connectivity index (χ4v) is 5.65. The van der Waals surface area contributed by atoms with E-state index >= 15 is 0 Å². The Hall–Kier alpha value is -5.45. The zero-order valence-corrected chi connectivity index (χ0v) is 27.8. The van der Waals surface area contributed by atoms with Crippen LogP contribution in [0, 0.1) is 18.0 Å². The molecule has 4 rings (SSSR count). The number of carbonyl (C=O) groups excluding carboxylic acids is 2. The number of esters is 1. The largest absolute Gasteiger partial charge is 0.569 e. The van der Waals surface area contributed by atoms with Gasteiger partial charge in [-0.25, -0.2) is 22.6 Å². The number of amides is 1. The van der Waals surface area contributed by atoms with E-state index in [-0.39, 0.29) is 26.8 Å². The molecule has 2 atom stereocenters. The smallest absolute Gasteiger partial charge is 0.435 e. The monoisotopic (exact) mass is 702 g/mol. The number of alkyl halides is 3. The number of halogens is 3. The summed E-state index contributed by atoms with van der Waals surface area (Å²) in [5.74, 6) is -2.43. The highest BCUT2D eigenvalue weighted by molar-refractivity contribution is 7.90. The van der Waals surface area contributed by atoms with Crippen LogP contribution in [-0.4, -0.2) is 59.4 Å². The van der Waals surface area contributed by atoms with Crippen molar-refractivity contribution in [2.45, 2.75) is 51.1 Å². The molecule has 1 heterocycles.